The van der Waals surface area contributed by atoms with Crippen LogP contribution in [0.5, 0.6) is 0 Å². The average molecular weight is 358 g/mol. The minimum atomic E-state index is -3.75. The van der Waals surface area contributed by atoms with Gasteiger partial charge >= 0.3 is 0 Å². The molecular weight excluding hydrogens is 338 g/mol. The van der Waals surface area contributed by atoms with E-state index in [1.54, 1.807) is 13.0 Å². The molecule has 0 spiro atoms. The number of hydrogen-bond acceptors (Lipinski definition) is 5. The van der Waals surface area contributed by atoms with Crippen molar-refractivity contribution in [3.8, 4) is 0 Å². The van der Waals surface area contributed by atoms with Gasteiger partial charge in [-0.25, -0.2) is 8.42 Å². The molecule has 126 valence electrons. The molecular formula is C15H20ClN3O3S. The summed E-state index contributed by atoms with van der Waals surface area (Å²) in [7, 11) is -3.75. The predicted molar refractivity (Wildman–Crippen MR) is 87.7 cm³/mol. The fourth-order valence-corrected chi connectivity index (χ4v) is 3.59. The third kappa shape index (κ3) is 4.53. The fraction of sp³-hybridized carbons (Fsp3) is 0.467. The van der Waals surface area contributed by atoms with Crippen molar-refractivity contribution in [3.05, 3.63) is 40.6 Å². The molecule has 0 aliphatic rings. The number of aromatic nitrogens is 2. The summed E-state index contributed by atoms with van der Waals surface area (Å²) in [5.41, 5.74) is 0.817. The number of benzene rings is 1. The Balaban J connectivity index is 2.31. The molecule has 1 atom stereocenters. The lowest BCUT2D eigenvalue weighted by molar-refractivity contribution is 0.372. The quantitative estimate of drug-likeness (QED) is 0.856. The second-order valence-corrected chi connectivity index (χ2v) is 7.99. The minimum Gasteiger partial charge on any atom is -0.424 e. The van der Waals surface area contributed by atoms with E-state index in [0.29, 0.717) is 17.3 Å². The molecule has 2 rings (SSSR count). The zero-order chi connectivity index (χ0) is 17.2. The van der Waals surface area contributed by atoms with Crippen LogP contribution in [0.3, 0.4) is 0 Å². The molecule has 0 saturated carbocycles. The number of rotatable bonds is 6. The highest BCUT2D eigenvalue weighted by molar-refractivity contribution is 7.89. The molecule has 0 aliphatic heterocycles. The highest BCUT2D eigenvalue weighted by Gasteiger charge is 2.26. The van der Waals surface area contributed by atoms with Gasteiger partial charge in [0.05, 0.1) is 4.90 Å². The van der Waals surface area contributed by atoms with Crippen molar-refractivity contribution in [2.75, 3.05) is 0 Å². The maximum atomic E-state index is 12.6. The molecule has 1 aromatic heterocycles. The van der Waals surface area contributed by atoms with Gasteiger partial charge in [0.2, 0.25) is 21.8 Å². The average Bonchev–Trinajstić information content (AvgIpc) is 2.87. The summed E-state index contributed by atoms with van der Waals surface area (Å²) in [6.07, 6.45) is 0.542. The third-order valence-corrected chi connectivity index (χ3v) is 5.17. The maximum Gasteiger partial charge on any atom is 0.241 e. The van der Waals surface area contributed by atoms with Crippen molar-refractivity contribution < 1.29 is 12.8 Å². The standard InChI is InChI=1S/C15H20ClN3O3S/c1-9(2)7-14(15-18-17-11(4)22-15)19-23(20,21)12-6-5-10(3)13(16)8-12/h5-6,8-9,14,19H,7H2,1-4H3. The largest absolute Gasteiger partial charge is 0.424 e. The van der Waals surface area contributed by atoms with Crippen LogP contribution in [0.4, 0.5) is 0 Å². The second-order valence-electron chi connectivity index (χ2n) is 5.87. The van der Waals surface area contributed by atoms with Gasteiger partial charge in [-0.2, -0.15) is 4.72 Å². The molecule has 23 heavy (non-hydrogen) atoms. The Labute approximate surface area is 141 Å². The lowest BCUT2D eigenvalue weighted by Crippen LogP contribution is -2.30. The summed E-state index contributed by atoms with van der Waals surface area (Å²) in [5, 5.41) is 8.11. The molecule has 1 heterocycles. The lowest BCUT2D eigenvalue weighted by atomic mass is 10.0. The van der Waals surface area contributed by atoms with Gasteiger partial charge in [-0.1, -0.05) is 31.5 Å². The van der Waals surface area contributed by atoms with Crippen molar-refractivity contribution in [1.82, 2.24) is 14.9 Å². The van der Waals surface area contributed by atoms with E-state index in [4.69, 9.17) is 16.0 Å². The summed E-state index contributed by atoms with van der Waals surface area (Å²) >= 11 is 6.03. The maximum absolute atomic E-state index is 12.6. The molecule has 0 amide bonds. The van der Waals surface area contributed by atoms with Gasteiger partial charge in [0.15, 0.2) is 0 Å². The normalized spacial score (nSPS) is 13.5. The van der Waals surface area contributed by atoms with Crippen molar-refractivity contribution in [3.63, 3.8) is 0 Å². The first-order valence-electron chi connectivity index (χ1n) is 7.27. The molecule has 0 aliphatic carbocycles. The summed E-state index contributed by atoms with van der Waals surface area (Å²) in [6, 6.07) is 4.05. The first-order chi connectivity index (χ1) is 10.7. The van der Waals surface area contributed by atoms with E-state index in [1.807, 2.05) is 20.8 Å². The summed E-state index contributed by atoms with van der Waals surface area (Å²) < 4.78 is 33.2. The van der Waals surface area contributed by atoms with Gasteiger partial charge in [0.1, 0.15) is 6.04 Å². The van der Waals surface area contributed by atoms with Gasteiger partial charge < -0.3 is 4.42 Å². The molecule has 0 bridgehead atoms. The van der Waals surface area contributed by atoms with Crippen molar-refractivity contribution in [2.24, 2.45) is 5.92 Å². The first kappa shape index (κ1) is 17.9. The molecule has 0 radical (unpaired) electrons. The van der Waals surface area contributed by atoms with Crippen molar-refractivity contribution in [2.45, 2.75) is 45.1 Å². The third-order valence-electron chi connectivity index (χ3n) is 3.30. The molecule has 2 aromatic rings. The van der Waals surface area contributed by atoms with E-state index < -0.39 is 16.1 Å². The highest BCUT2D eigenvalue weighted by Crippen LogP contribution is 2.25. The molecule has 1 unspecified atom stereocenters. The Morgan fingerprint density at radius 1 is 1.26 bits per heavy atom. The van der Waals surface area contributed by atoms with Crippen molar-refractivity contribution in [1.29, 1.82) is 0 Å². The van der Waals surface area contributed by atoms with Gasteiger partial charge in [-0.05, 0) is 37.0 Å². The fourth-order valence-electron chi connectivity index (χ4n) is 2.12. The van der Waals surface area contributed by atoms with Crippen LogP contribution in [0, 0.1) is 19.8 Å². The van der Waals surface area contributed by atoms with Gasteiger partial charge in [0, 0.05) is 11.9 Å². The Kier molecular flexibility index (Phi) is 5.44. The summed E-state index contributed by atoms with van der Waals surface area (Å²) in [6.45, 7) is 7.46. The molecule has 0 fully saturated rings. The van der Waals surface area contributed by atoms with Crippen LogP contribution in [-0.4, -0.2) is 18.6 Å². The number of hydrogen-bond donors (Lipinski definition) is 1. The van der Waals surface area contributed by atoms with Gasteiger partial charge in [0.25, 0.3) is 0 Å². The zero-order valence-electron chi connectivity index (χ0n) is 13.5. The zero-order valence-corrected chi connectivity index (χ0v) is 15.1. The van der Waals surface area contributed by atoms with Crippen LogP contribution in [0.1, 0.15) is 43.7 Å². The smallest absolute Gasteiger partial charge is 0.241 e. The lowest BCUT2D eigenvalue weighted by Gasteiger charge is -2.17. The Morgan fingerprint density at radius 2 is 1.96 bits per heavy atom. The van der Waals surface area contributed by atoms with E-state index in [-0.39, 0.29) is 16.7 Å². The van der Waals surface area contributed by atoms with Crippen LogP contribution >= 0.6 is 11.6 Å². The first-order valence-corrected chi connectivity index (χ1v) is 9.13. The number of nitrogens with zero attached hydrogens (tertiary/aromatic N) is 2. The minimum absolute atomic E-state index is 0.109. The van der Waals surface area contributed by atoms with Gasteiger partial charge in [-0.3, -0.25) is 0 Å². The van der Waals surface area contributed by atoms with E-state index >= 15 is 0 Å². The second kappa shape index (κ2) is 6.98. The van der Waals surface area contributed by atoms with Crippen LogP contribution in [-0.2, 0) is 10.0 Å². The van der Waals surface area contributed by atoms with E-state index in [1.165, 1.54) is 12.1 Å². The SMILES string of the molecule is Cc1nnc(C(CC(C)C)NS(=O)(=O)c2ccc(C)c(Cl)c2)o1. The summed E-state index contributed by atoms with van der Waals surface area (Å²) in [4.78, 5) is 0.109. The molecule has 0 saturated heterocycles. The Morgan fingerprint density at radius 3 is 2.48 bits per heavy atom. The number of halogens is 1. The van der Waals surface area contributed by atoms with E-state index in [0.717, 1.165) is 5.56 Å². The number of sulfonamides is 1. The van der Waals surface area contributed by atoms with Crippen LogP contribution in [0.15, 0.2) is 27.5 Å². The van der Waals surface area contributed by atoms with Crippen LogP contribution < -0.4 is 4.72 Å². The highest BCUT2D eigenvalue weighted by atomic mass is 35.5. The molecule has 1 aromatic carbocycles. The molecule has 8 heteroatoms. The van der Waals surface area contributed by atoms with E-state index in [2.05, 4.69) is 14.9 Å². The predicted octanol–water partition coefficient (Wildman–Crippen LogP) is 3.41. The van der Waals surface area contributed by atoms with Crippen LogP contribution in [0.25, 0.3) is 0 Å². The van der Waals surface area contributed by atoms with Crippen molar-refractivity contribution >= 4 is 21.6 Å². The Bertz CT molecular complexity index is 787. The Hall–Kier alpha value is -1.44. The molecule has 1 N–H and O–H groups in total. The van der Waals surface area contributed by atoms with Crippen LogP contribution in [0.2, 0.25) is 5.02 Å². The monoisotopic (exact) mass is 357 g/mol. The number of nitrogens with one attached hydrogen (secondary N) is 1. The topological polar surface area (TPSA) is 85.1 Å². The summed E-state index contributed by atoms with van der Waals surface area (Å²) in [5.74, 6) is 0.904. The molecule has 6 nitrogen and oxygen atoms in total. The number of aryl methyl sites for hydroxylation is 2. The van der Waals surface area contributed by atoms with Gasteiger partial charge in [-0.15, -0.1) is 10.2 Å². The van der Waals surface area contributed by atoms with E-state index in [9.17, 15) is 8.42 Å².